The lowest BCUT2D eigenvalue weighted by Gasteiger charge is -2.44. The van der Waals surface area contributed by atoms with Crippen molar-refractivity contribution in [2.75, 3.05) is 119 Å². The monoisotopic (exact) mass is 1190 g/mol. The molecule has 0 aromatic rings. The summed E-state index contributed by atoms with van der Waals surface area (Å²) in [7, 11) is 0. The van der Waals surface area contributed by atoms with Gasteiger partial charge in [-0.1, -0.05) is 55.4 Å². The van der Waals surface area contributed by atoms with E-state index in [4.69, 9.17) is 56.8 Å². The molecule has 84 heavy (non-hydrogen) atoms. The molecule has 8 bridgehead atoms. The van der Waals surface area contributed by atoms with Gasteiger partial charge in [-0.25, -0.2) is 8.78 Å². The Bertz CT molecular complexity index is 2110. The van der Waals surface area contributed by atoms with Gasteiger partial charge < -0.3 is 67.1 Å². The highest BCUT2D eigenvalue weighted by Crippen LogP contribution is 2.61. The number of aliphatic hydroxyl groups is 2. The lowest BCUT2D eigenvalue weighted by Crippen LogP contribution is -2.49. The molecule has 0 radical (unpaired) electrons. The number of alkyl halides is 2. The minimum atomic E-state index is -1.39. The van der Waals surface area contributed by atoms with Crippen LogP contribution in [0.2, 0.25) is 0 Å². The first-order chi connectivity index (χ1) is 40.4. The van der Waals surface area contributed by atoms with Crippen molar-refractivity contribution in [3.8, 4) is 0 Å². The Morgan fingerprint density at radius 2 is 0.655 bits per heavy atom. The van der Waals surface area contributed by atoms with E-state index < -0.39 is 22.9 Å². The van der Waals surface area contributed by atoms with E-state index in [0.717, 1.165) is 123 Å². The molecule has 12 rings (SSSR count). The lowest BCUT2D eigenvalue weighted by atomic mass is 9.77. The van der Waals surface area contributed by atoms with Crippen molar-refractivity contribution in [3.05, 3.63) is 0 Å². The maximum Gasteiger partial charge on any atom is 0.139 e. The van der Waals surface area contributed by atoms with Crippen molar-refractivity contribution in [2.45, 2.75) is 244 Å². The van der Waals surface area contributed by atoms with Gasteiger partial charge in [-0.2, -0.15) is 0 Å². The second-order valence-corrected chi connectivity index (χ2v) is 31.1. The molecule has 14 nitrogen and oxygen atoms in total. The zero-order valence-corrected chi connectivity index (χ0v) is 53.3. The zero-order valence-electron chi connectivity index (χ0n) is 53.3. The minimum absolute atomic E-state index is 0.0459. The van der Waals surface area contributed by atoms with Gasteiger partial charge >= 0.3 is 0 Å². The summed E-state index contributed by atoms with van der Waals surface area (Å²) in [5, 5.41) is 21.1. The number of ether oxygens (including phenoxy) is 12. The highest BCUT2D eigenvalue weighted by molar-refractivity contribution is 5.12. The third-order valence-electron chi connectivity index (χ3n) is 26.1. The van der Waals surface area contributed by atoms with Crippen molar-refractivity contribution in [3.63, 3.8) is 0 Å². The Kier molecular flexibility index (Phi) is 19.9. The average Bonchev–Trinajstić information content (AvgIpc) is 3.60. The smallest absolute Gasteiger partial charge is 0.139 e. The molecule has 4 heterocycles. The third kappa shape index (κ3) is 12.4. The van der Waals surface area contributed by atoms with Crippen molar-refractivity contribution < 1.29 is 75.8 Å². The summed E-state index contributed by atoms with van der Waals surface area (Å²) in [6.07, 6.45) is 17.8. The molecular weight excluding hydrogens is 1080 g/mol. The number of fused-ring (bicyclic) bond motifs is 8. The van der Waals surface area contributed by atoms with Gasteiger partial charge in [-0.3, -0.25) is 0 Å². The number of hydrogen-bond donors (Lipinski definition) is 2. The van der Waals surface area contributed by atoms with E-state index in [1.165, 1.54) is 12.8 Å². The summed E-state index contributed by atoms with van der Waals surface area (Å²) in [6.45, 7) is 28.4. The number of halogens is 2. The van der Waals surface area contributed by atoms with Crippen LogP contribution in [0.5, 0.6) is 0 Å². The molecule has 4 aliphatic heterocycles. The van der Waals surface area contributed by atoms with E-state index in [9.17, 15) is 10.2 Å². The predicted molar refractivity (Wildman–Crippen MR) is 314 cm³/mol. The SMILES string of the molecule is CCC1(COC2CC3(CC)CC2CC3OCC(CC)(CO)COC2CC3(CC)CC2CC3OCC2(CC)COC2)COC1.CCC1(COC2CC3(F)CC2CC3OCC(CC)(CO)COC2CC3(F)CC2CC3OCC2(CC)COC2)COC1. The van der Waals surface area contributed by atoms with Crippen molar-refractivity contribution in [1.29, 1.82) is 0 Å². The fourth-order valence-electron chi connectivity index (χ4n) is 17.9. The molecule has 4 saturated heterocycles. The molecule has 2 N–H and O–H groups in total. The van der Waals surface area contributed by atoms with E-state index in [1.807, 2.05) is 6.92 Å². The van der Waals surface area contributed by atoms with Crippen LogP contribution in [0.15, 0.2) is 0 Å². The maximum atomic E-state index is 16.0. The van der Waals surface area contributed by atoms with Crippen LogP contribution in [0.25, 0.3) is 0 Å². The molecule has 12 fully saturated rings. The van der Waals surface area contributed by atoms with E-state index in [-0.39, 0.29) is 107 Å². The Morgan fingerprint density at radius 1 is 0.357 bits per heavy atom. The number of aliphatic hydroxyl groups excluding tert-OH is 2. The van der Waals surface area contributed by atoms with Gasteiger partial charge in [-0.15, -0.1) is 0 Å². The molecular formula is C68H114F2O14. The highest BCUT2D eigenvalue weighted by Gasteiger charge is 2.63. The van der Waals surface area contributed by atoms with Crippen LogP contribution in [0.4, 0.5) is 8.78 Å². The van der Waals surface area contributed by atoms with Crippen LogP contribution in [-0.4, -0.2) is 189 Å². The predicted octanol–water partition coefficient (Wildman–Crippen LogP) is 11.0. The van der Waals surface area contributed by atoms with Gasteiger partial charge in [-0.05, 0) is 150 Å². The molecule has 0 amide bonds. The normalized spacial score (nSPS) is 42.4. The fourth-order valence-corrected chi connectivity index (χ4v) is 17.9. The number of hydrogen-bond acceptors (Lipinski definition) is 14. The van der Waals surface area contributed by atoms with Crippen LogP contribution >= 0.6 is 0 Å². The van der Waals surface area contributed by atoms with E-state index >= 15 is 8.78 Å². The lowest BCUT2D eigenvalue weighted by molar-refractivity contribution is -0.181. The van der Waals surface area contributed by atoms with Crippen LogP contribution in [0, 0.1) is 67.0 Å². The summed E-state index contributed by atoms with van der Waals surface area (Å²) < 4.78 is 105. The van der Waals surface area contributed by atoms with Gasteiger partial charge in [0.2, 0.25) is 0 Å². The molecule has 0 aromatic carbocycles. The molecule has 18 unspecified atom stereocenters. The molecule has 8 saturated carbocycles. The largest absolute Gasteiger partial charge is 0.396 e. The zero-order chi connectivity index (χ0) is 59.3. The third-order valence-corrected chi connectivity index (χ3v) is 26.1. The van der Waals surface area contributed by atoms with E-state index in [2.05, 4.69) is 48.5 Å². The molecule has 12 aliphatic rings. The summed E-state index contributed by atoms with van der Waals surface area (Å²) in [5.74, 6) is 1.41. The van der Waals surface area contributed by atoms with Gasteiger partial charge in [0.25, 0.3) is 0 Å². The Balaban J connectivity index is 0.000000176. The second-order valence-electron chi connectivity index (χ2n) is 31.1. The van der Waals surface area contributed by atoms with E-state index in [0.29, 0.717) is 109 Å². The summed E-state index contributed by atoms with van der Waals surface area (Å²) in [4.78, 5) is 0. The summed E-state index contributed by atoms with van der Waals surface area (Å²) in [6, 6.07) is 0. The van der Waals surface area contributed by atoms with Gasteiger partial charge in [0, 0.05) is 45.3 Å². The molecule has 8 aliphatic carbocycles. The summed E-state index contributed by atoms with van der Waals surface area (Å²) >= 11 is 0. The Morgan fingerprint density at radius 3 is 0.988 bits per heavy atom. The first-order valence-corrected chi connectivity index (χ1v) is 34.2. The van der Waals surface area contributed by atoms with Gasteiger partial charge in [0.05, 0.1) is 168 Å². The maximum absolute atomic E-state index is 16.0. The first kappa shape index (κ1) is 64.8. The molecule has 0 spiro atoms. The minimum Gasteiger partial charge on any atom is -0.396 e. The van der Waals surface area contributed by atoms with Crippen molar-refractivity contribution in [2.24, 2.45) is 67.0 Å². The number of rotatable bonds is 34. The second kappa shape index (κ2) is 25.8. The molecule has 18 atom stereocenters. The average molecular weight is 1190 g/mol. The van der Waals surface area contributed by atoms with E-state index in [1.54, 1.807) is 0 Å². The quantitative estimate of drug-likeness (QED) is 0.0629. The summed E-state index contributed by atoms with van der Waals surface area (Å²) in [5.41, 5.74) is -2.66. The van der Waals surface area contributed by atoms with Crippen LogP contribution in [-0.2, 0) is 56.8 Å². The van der Waals surface area contributed by atoms with Crippen molar-refractivity contribution in [1.82, 2.24) is 0 Å². The van der Waals surface area contributed by atoms with Crippen LogP contribution in [0.3, 0.4) is 0 Å². The first-order valence-electron chi connectivity index (χ1n) is 34.2. The van der Waals surface area contributed by atoms with Gasteiger partial charge in [0.15, 0.2) is 0 Å². The Hall–Kier alpha value is -0.700. The highest BCUT2D eigenvalue weighted by atomic mass is 19.1. The standard InChI is InChI=1S/C36H62O7.C32H52F2O7/c1-6-32(17-37,22-40-28-15-36(10-5)13-26(28)12-31(36)43-25-34(8-3)20-39-21-34)23-42-30-11-27-14-35(30,9-4)16-29(27)41-24-33(7-2)18-38-19-33;1-4-28(13-35,18-38-24-11-32(34)9-22(24)8-27(32)41-21-30(6-3)16-37-17-30)19-40-26-7-23-10-31(26,33)12-25(23)39-20-29(5-2)14-36-15-29/h26-31,37H,6-25H2,1-5H3;22-27,35H,4-21H2,1-3H3. The topological polar surface area (TPSA) is 151 Å². The Labute approximate surface area is 503 Å². The molecule has 0 aromatic heterocycles. The van der Waals surface area contributed by atoms with Crippen LogP contribution in [0.1, 0.15) is 184 Å². The fraction of sp³-hybridized carbons (Fsp3) is 1.00. The van der Waals surface area contributed by atoms with Crippen LogP contribution < -0.4 is 0 Å². The molecule has 484 valence electrons. The molecule has 16 heteroatoms. The van der Waals surface area contributed by atoms with Crippen molar-refractivity contribution >= 4 is 0 Å². The van der Waals surface area contributed by atoms with Gasteiger partial charge in [0.1, 0.15) is 11.3 Å².